The lowest BCUT2D eigenvalue weighted by Gasteiger charge is -2.37. The molecule has 0 saturated carbocycles. The molecule has 0 radical (unpaired) electrons. The van der Waals surface area contributed by atoms with E-state index in [1.807, 2.05) is 36.7 Å². The van der Waals surface area contributed by atoms with E-state index >= 15 is 0 Å². The molecule has 5 heteroatoms. The molecule has 2 N–H and O–H groups in total. The number of imidazole rings is 1. The highest BCUT2D eigenvalue weighted by Crippen LogP contribution is 2.40. The van der Waals surface area contributed by atoms with Crippen molar-refractivity contribution in [1.29, 1.82) is 0 Å². The van der Waals surface area contributed by atoms with E-state index in [9.17, 15) is 4.79 Å². The Balaban J connectivity index is 1.52. The minimum absolute atomic E-state index is 0.138. The molecule has 35 heavy (non-hydrogen) atoms. The van der Waals surface area contributed by atoms with Gasteiger partial charge in [0.1, 0.15) is 11.2 Å². The number of hydrogen-bond donors (Lipinski definition) is 2. The van der Waals surface area contributed by atoms with Gasteiger partial charge in [0.15, 0.2) is 0 Å². The molecule has 0 atom stereocenters. The summed E-state index contributed by atoms with van der Waals surface area (Å²) in [6.07, 6.45) is 9.50. The van der Waals surface area contributed by atoms with Crippen LogP contribution in [0.2, 0.25) is 0 Å². The Morgan fingerprint density at radius 1 is 0.829 bits per heavy atom. The monoisotopic (exact) mass is 458 g/mol. The van der Waals surface area contributed by atoms with Crippen LogP contribution < -0.4 is 5.32 Å². The van der Waals surface area contributed by atoms with Crippen LogP contribution in [0.3, 0.4) is 0 Å². The van der Waals surface area contributed by atoms with Gasteiger partial charge in [-0.3, -0.25) is 4.79 Å². The van der Waals surface area contributed by atoms with Gasteiger partial charge in [0, 0.05) is 18.9 Å². The molecule has 5 aromatic rings. The number of nitrogens with zero attached hydrogens (tertiary/aromatic N) is 2. The third-order valence-electron chi connectivity index (χ3n) is 6.08. The summed E-state index contributed by atoms with van der Waals surface area (Å²) < 4.78 is 2.17. The van der Waals surface area contributed by atoms with E-state index in [4.69, 9.17) is 0 Å². The van der Waals surface area contributed by atoms with Crippen molar-refractivity contribution >= 4 is 12.0 Å². The van der Waals surface area contributed by atoms with Crippen LogP contribution >= 0.6 is 0 Å². The first-order chi connectivity index (χ1) is 17.3. The molecule has 0 aliphatic rings. The maximum absolute atomic E-state index is 12.1. The van der Waals surface area contributed by atoms with Crippen molar-refractivity contribution < 1.29 is 4.79 Å². The van der Waals surface area contributed by atoms with Gasteiger partial charge in [-0.1, -0.05) is 97.1 Å². The zero-order chi connectivity index (χ0) is 23.9. The Morgan fingerprint density at radius 3 is 1.91 bits per heavy atom. The van der Waals surface area contributed by atoms with Gasteiger partial charge >= 0.3 is 0 Å². The van der Waals surface area contributed by atoms with Crippen LogP contribution in [0, 0.1) is 0 Å². The van der Waals surface area contributed by atoms with Gasteiger partial charge in [-0.25, -0.2) is 4.98 Å². The first-order valence-electron chi connectivity index (χ1n) is 11.6. The minimum atomic E-state index is -0.593. The van der Waals surface area contributed by atoms with Crippen molar-refractivity contribution in [2.24, 2.45) is 0 Å². The number of rotatable bonds is 8. The molecule has 3 aromatic carbocycles. The molecule has 0 fully saturated rings. The van der Waals surface area contributed by atoms with E-state index in [1.165, 1.54) is 0 Å². The fourth-order valence-corrected chi connectivity index (χ4v) is 4.49. The van der Waals surface area contributed by atoms with Gasteiger partial charge in [-0.2, -0.15) is 0 Å². The Morgan fingerprint density at radius 2 is 1.40 bits per heavy atom. The molecule has 0 bridgehead atoms. The highest BCUT2D eigenvalue weighted by Gasteiger charge is 2.38. The number of hydrogen-bond acceptors (Lipinski definition) is 2. The lowest BCUT2D eigenvalue weighted by molar-refractivity contribution is 0.0953. The second-order valence-corrected chi connectivity index (χ2v) is 8.21. The van der Waals surface area contributed by atoms with Gasteiger partial charge in [-0.05, 0) is 34.9 Å². The SMILES string of the molecule is O=C(NC/C=C\c1cn(C(c2ccccc2)(c2ccccc2)c2ccccc2)cn1)c1ccc[nH]1. The average molecular weight is 459 g/mol. The molecule has 0 spiro atoms. The highest BCUT2D eigenvalue weighted by molar-refractivity contribution is 5.92. The van der Waals surface area contributed by atoms with Gasteiger partial charge in [-0.15, -0.1) is 0 Å². The fourth-order valence-electron chi connectivity index (χ4n) is 4.49. The molecular formula is C30H26N4O. The van der Waals surface area contributed by atoms with Crippen LogP contribution in [0.4, 0.5) is 0 Å². The third kappa shape index (κ3) is 4.44. The minimum Gasteiger partial charge on any atom is -0.357 e. The Hall–Kier alpha value is -4.64. The van der Waals surface area contributed by atoms with Crippen LogP contribution in [0.25, 0.3) is 6.08 Å². The summed E-state index contributed by atoms with van der Waals surface area (Å²) in [6, 6.07) is 35.0. The standard InChI is InChI=1S/C30H26N4O/c35-29(28-19-11-20-31-28)32-21-10-18-27-22-34(23-33-27)30(24-12-4-1-5-13-24,25-14-6-2-7-15-25)26-16-8-3-9-17-26/h1-20,22-23,31H,21H2,(H,32,35)/b18-10-. The predicted octanol–water partition coefficient (Wildman–Crippen LogP) is 5.49. The Labute approximate surface area is 204 Å². The first kappa shape index (κ1) is 22.2. The summed E-state index contributed by atoms with van der Waals surface area (Å²) in [6.45, 7) is 0.409. The van der Waals surface area contributed by atoms with Gasteiger partial charge in [0.25, 0.3) is 5.91 Å². The highest BCUT2D eigenvalue weighted by atomic mass is 16.1. The van der Waals surface area contributed by atoms with E-state index in [-0.39, 0.29) is 5.91 Å². The number of carbonyl (C=O) groups is 1. The maximum Gasteiger partial charge on any atom is 0.267 e. The number of H-pyrrole nitrogens is 1. The first-order valence-corrected chi connectivity index (χ1v) is 11.6. The van der Waals surface area contributed by atoms with E-state index in [2.05, 4.69) is 98.8 Å². The number of amides is 1. The molecule has 1 amide bonds. The van der Waals surface area contributed by atoms with Crippen molar-refractivity contribution in [3.8, 4) is 0 Å². The Kier molecular flexibility index (Phi) is 6.39. The van der Waals surface area contributed by atoms with Crippen LogP contribution in [0.5, 0.6) is 0 Å². The molecule has 2 heterocycles. The van der Waals surface area contributed by atoms with Crippen molar-refractivity contribution in [2.45, 2.75) is 5.54 Å². The van der Waals surface area contributed by atoms with E-state index < -0.39 is 5.54 Å². The number of benzene rings is 3. The summed E-state index contributed by atoms with van der Waals surface area (Å²) in [5.41, 5.74) is 4.19. The van der Waals surface area contributed by atoms with Crippen molar-refractivity contribution in [1.82, 2.24) is 19.9 Å². The van der Waals surface area contributed by atoms with E-state index in [1.54, 1.807) is 18.3 Å². The Bertz CT molecular complexity index is 1290. The second kappa shape index (κ2) is 10.1. The molecule has 172 valence electrons. The van der Waals surface area contributed by atoms with Crippen LogP contribution in [-0.4, -0.2) is 27.0 Å². The number of aromatic nitrogens is 3. The summed E-state index contributed by atoms with van der Waals surface area (Å²) in [5.74, 6) is -0.138. The summed E-state index contributed by atoms with van der Waals surface area (Å²) in [5, 5.41) is 2.88. The van der Waals surface area contributed by atoms with Crippen molar-refractivity contribution in [3.05, 3.63) is 156 Å². The molecule has 5 rings (SSSR count). The molecular weight excluding hydrogens is 432 g/mol. The largest absolute Gasteiger partial charge is 0.357 e. The lowest BCUT2D eigenvalue weighted by Crippen LogP contribution is -2.36. The average Bonchev–Trinajstić information content (AvgIpc) is 3.62. The van der Waals surface area contributed by atoms with Gasteiger partial charge < -0.3 is 14.9 Å². The van der Waals surface area contributed by atoms with E-state index in [0.717, 1.165) is 22.4 Å². The zero-order valence-electron chi connectivity index (χ0n) is 19.2. The molecule has 2 aromatic heterocycles. The molecule has 0 aliphatic carbocycles. The maximum atomic E-state index is 12.1. The third-order valence-corrected chi connectivity index (χ3v) is 6.08. The lowest BCUT2D eigenvalue weighted by atomic mass is 9.77. The van der Waals surface area contributed by atoms with Crippen LogP contribution in [0.15, 0.2) is 128 Å². The summed E-state index contributed by atoms with van der Waals surface area (Å²) in [4.78, 5) is 19.7. The zero-order valence-corrected chi connectivity index (χ0v) is 19.2. The van der Waals surface area contributed by atoms with Crippen molar-refractivity contribution in [2.75, 3.05) is 6.54 Å². The number of aromatic amines is 1. The van der Waals surface area contributed by atoms with Gasteiger partial charge in [0.2, 0.25) is 0 Å². The van der Waals surface area contributed by atoms with Crippen LogP contribution in [-0.2, 0) is 5.54 Å². The topological polar surface area (TPSA) is 62.7 Å². The number of carbonyl (C=O) groups excluding carboxylic acids is 1. The van der Waals surface area contributed by atoms with Gasteiger partial charge in [0.05, 0.1) is 12.0 Å². The smallest absolute Gasteiger partial charge is 0.267 e. The second-order valence-electron chi connectivity index (χ2n) is 8.21. The molecule has 0 saturated heterocycles. The quantitative estimate of drug-likeness (QED) is 0.302. The number of nitrogens with one attached hydrogen (secondary N) is 2. The molecule has 0 unspecified atom stereocenters. The normalized spacial score (nSPS) is 11.5. The summed E-state index contributed by atoms with van der Waals surface area (Å²) in [7, 11) is 0. The van der Waals surface area contributed by atoms with Crippen LogP contribution in [0.1, 0.15) is 32.9 Å². The molecule has 5 nitrogen and oxygen atoms in total. The predicted molar refractivity (Wildman–Crippen MR) is 139 cm³/mol. The molecule has 0 aliphatic heterocycles. The fraction of sp³-hybridized carbons (Fsp3) is 0.0667. The summed E-state index contributed by atoms with van der Waals surface area (Å²) >= 11 is 0. The van der Waals surface area contributed by atoms with Crippen molar-refractivity contribution in [3.63, 3.8) is 0 Å². The van der Waals surface area contributed by atoms with E-state index in [0.29, 0.717) is 12.2 Å².